The minimum absolute atomic E-state index is 0.605. The van der Waals surface area contributed by atoms with Gasteiger partial charge in [-0.25, -0.2) is 0 Å². The molecule has 0 radical (unpaired) electrons. The molecule has 0 aliphatic rings. The van der Waals surface area contributed by atoms with Gasteiger partial charge >= 0.3 is 0 Å². The van der Waals surface area contributed by atoms with Crippen molar-refractivity contribution in [1.29, 1.82) is 0 Å². The van der Waals surface area contributed by atoms with Crippen molar-refractivity contribution in [2.75, 3.05) is 6.54 Å². The Labute approximate surface area is 73.0 Å². The lowest BCUT2D eigenvalue weighted by atomic mass is 10.2. The van der Waals surface area contributed by atoms with E-state index in [1.54, 1.807) is 6.20 Å². The van der Waals surface area contributed by atoms with Crippen LogP contribution in [0.5, 0.6) is 0 Å². The van der Waals surface area contributed by atoms with Gasteiger partial charge in [0, 0.05) is 18.4 Å². The predicted molar refractivity (Wildman–Crippen MR) is 49.5 cm³/mol. The Bertz CT molecular complexity index is 286. The number of pyridine rings is 1. The molecular formula is C10H12N2. The Morgan fingerprint density at radius 3 is 3.17 bits per heavy atom. The van der Waals surface area contributed by atoms with Crippen LogP contribution in [-0.2, 0) is 6.54 Å². The molecule has 0 bridgehead atoms. The van der Waals surface area contributed by atoms with E-state index in [1.807, 2.05) is 19.1 Å². The number of hydrogen-bond donors (Lipinski definition) is 1. The number of terminal acetylenes is 1. The standard InChI is InChI=1S/C10H12N2/c1-3-6-11-8-10-5-4-7-12-9(10)2/h1,4-5,7,11H,6,8H2,2H3. The zero-order valence-electron chi connectivity index (χ0n) is 7.17. The van der Waals surface area contributed by atoms with Crippen molar-refractivity contribution in [2.24, 2.45) is 0 Å². The first-order valence-electron chi connectivity index (χ1n) is 3.89. The van der Waals surface area contributed by atoms with Gasteiger partial charge in [-0.05, 0) is 18.6 Å². The fraction of sp³-hybridized carbons (Fsp3) is 0.300. The Hall–Kier alpha value is -1.33. The summed E-state index contributed by atoms with van der Waals surface area (Å²) in [5.41, 5.74) is 2.26. The van der Waals surface area contributed by atoms with Crippen LogP contribution in [0, 0.1) is 19.3 Å². The third kappa shape index (κ3) is 2.37. The summed E-state index contributed by atoms with van der Waals surface area (Å²) < 4.78 is 0. The molecule has 0 atom stereocenters. The van der Waals surface area contributed by atoms with E-state index in [1.165, 1.54) is 5.56 Å². The van der Waals surface area contributed by atoms with Crippen molar-refractivity contribution in [1.82, 2.24) is 10.3 Å². The number of nitrogens with one attached hydrogen (secondary N) is 1. The molecule has 2 nitrogen and oxygen atoms in total. The van der Waals surface area contributed by atoms with Crippen molar-refractivity contribution in [3.8, 4) is 12.3 Å². The highest BCUT2D eigenvalue weighted by molar-refractivity contribution is 5.17. The number of nitrogens with zero attached hydrogens (tertiary/aromatic N) is 1. The first-order valence-corrected chi connectivity index (χ1v) is 3.89. The lowest BCUT2D eigenvalue weighted by Crippen LogP contribution is -2.14. The maximum absolute atomic E-state index is 5.10. The van der Waals surface area contributed by atoms with Gasteiger partial charge in [0.15, 0.2) is 0 Å². The maximum Gasteiger partial charge on any atom is 0.0576 e. The molecule has 1 rings (SSSR count). The van der Waals surface area contributed by atoms with Crippen LogP contribution in [-0.4, -0.2) is 11.5 Å². The van der Waals surface area contributed by atoms with Crippen LogP contribution in [0.2, 0.25) is 0 Å². The van der Waals surface area contributed by atoms with Gasteiger partial charge in [-0.3, -0.25) is 4.98 Å². The summed E-state index contributed by atoms with van der Waals surface area (Å²) in [6.07, 6.45) is 6.89. The van der Waals surface area contributed by atoms with Crippen LogP contribution in [0.4, 0.5) is 0 Å². The first kappa shape index (κ1) is 8.76. The van der Waals surface area contributed by atoms with Gasteiger partial charge in [-0.15, -0.1) is 6.42 Å². The van der Waals surface area contributed by atoms with E-state index in [9.17, 15) is 0 Å². The second-order valence-corrected chi connectivity index (χ2v) is 2.56. The Morgan fingerprint density at radius 1 is 1.67 bits per heavy atom. The Morgan fingerprint density at radius 2 is 2.50 bits per heavy atom. The molecule has 0 aromatic carbocycles. The average Bonchev–Trinajstić information content (AvgIpc) is 2.09. The smallest absolute Gasteiger partial charge is 0.0576 e. The summed E-state index contributed by atoms with van der Waals surface area (Å²) in [7, 11) is 0. The number of aromatic nitrogens is 1. The van der Waals surface area contributed by atoms with Gasteiger partial charge in [-0.2, -0.15) is 0 Å². The normalized spacial score (nSPS) is 9.33. The van der Waals surface area contributed by atoms with Gasteiger partial charge in [-0.1, -0.05) is 12.0 Å². The topological polar surface area (TPSA) is 24.9 Å². The summed E-state index contributed by atoms with van der Waals surface area (Å²) in [5.74, 6) is 2.53. The second kappa shape index (κ2) is 4.53. The number of hydrogen-bond acceptors (Lipinski definition) is 2. The van der Waals surface area contributed by atoms with Gasteiger partial charge in [0.2, 0.25) is 0 Å². The van der Waals surface area contributed by atoms with Gasteiger partial charge in [0.25, 0.3) is 0 Å². The highest BCUT2D eigenvalue weighted by Gasteiger charge is 1.95. The summed E-state index contributed by atoms with van der Waals surface area (Å²) in [6, 6.07) is 3.98. The van der Waals surface area contributed by atoms with Crippen LogP contribution in [0.3, 0.4) is 0 Å². The SMILES string of the molecule is C#CCNCc1cccnc1C. The largest absolute Gasteiger partial charge is 0.302 e. The molecule has 1 N–H and O–H groups in total. The van der Waals surface area contributed by atoms with Crippen molar-refractivity contribution in [3.63, 3.8) is 0 Å². The molecule has 0 aliphatic carbocycles. The van der Waals surface area contributed by atoms with E-state index in [0.717, 1.165) is 12.2 Å². The first-order chi connectivity index (χ1) is 5.84. The number of aryl methyl sites for hydroxylation is 1. The summed E-state index contributed by atoms with van der Waals surface area (Å²) in [5, 5.41) is 3.12. The zero-order chi connectivity index (χ0) is 8.81. The van der Waals surface area contributed by atoms with E-state index in [2.05, 4.69) is 16.2 Å². The molecule has 1 aromatic rings. The molecule has 0 saturated heterocycles. The molecule has 62 valence electrons. The third-order valence-electron chi connectivity index (χ3n) is 1.66. The zero-order valence-corrected chi connectivity index (χ0v) is 7.17. The third-order valence-corrected chi connectivity index (χ3v) is 1.66. The van der Waals surface area contributed by atoms with E-state index in [-0.39, 0.29) is 0 Å². The average molecular weight is 160 g/mol. The van der Waals surface area contributed by atoms with Crippen LogP contribution >= 0.6 is 0 Å². The summed E-state index contributed by atoms with van der Waals surface area (Å²) >= 11 is 0. The Balaban J connectivity index is 2.53. The maximum atomic E-state index is 5.10. The lowest BCUT2D eigenvalue weighted by molar-refractivity contribution is 0.761. The molecule has 0 amide bonds. The lowest BCUT2D eigenvalue weighted by Gasteiger charge is -2.03. The fourth-order valence-electron chi connectivity index (χ4n) is 0.974. The van der Waals surface area contributed by atoms with Crippen LogP contribution in [0.25, 0.3) is 0 Å². The number of rotatable bonds is 3. The van der Waals surface area contributed by atoms with Gasteiger partial charge in [0.1, 0.15) is 0 Å². The van der Waals surface area contributed by atoms with E-state index in [0.29, 0.717) is 6.54 Å². The van der Waals surface area contributed by atoms with E-state index < -0.39 is 0 Å². The van der Waals surface area contributed by atoms with Crippen molar-refractivity contribution in [3.05, 3.63) is 29.6 Å². The molecule has 1 heterocycles. The van der Waals surface area contributed by atoms with Gasteiger partial charge in [0.05, 0.1) is 6.54 Å². The molecule has 0 saturated carbocycles. The van der Waals surface area contributed by atoms with E-state index in [4.69, 9.17) is 6.42 Å². The van der Waals surface area contributed by atoms with Crippen LogP contribution in [0.1, 0.15) is 11.3 Å². The molecule has 0 spiro atoms. The molecule has 1 aromatic heterocycles. The molecule has 0 fully saturated rings. The van der Waals surface area contributed by atoms with Crippen molar-refractivity contribution in [2.45, 2.75) is 13.5 Å². The molecule has 12 heavy (non-hydrogen) atoms. The van der Waals surface area contributed by atoms with Gasteiger partial charge < -0.3 is 5.32 Å². The minimum Gasteiger partial charge on any atom is -0.302 e. The Kier molecular flexibility index (Phi) is 3.31. The highest BCUT2D eigenvalue weighted by atomic mass is 14.8. The quantitative estimate of drug-likeness (QED) is 0.529. The summed E-state index contributed by atoms with van der Waals surface area (Å²) in [6.45, 7) is 3.39. The molecule has 0 unspecified atom stereocenters. The predicted octanol–water partition coefficient (Wildman–Crippen LogP) is 1.11. The minimum atomic E-state index is 0.605. The van der Waals surface area contributed by atoms with Crippen LogP contribution < -0.4 is 5.32 Å². The summed E-state index contributed by atoms with van der Waals surface area (Å²) in [4.78, 5) is 4.17. The fourth-order valence-corrected chi connectivity index (χ4v) is 0.974. The van der Waals surface area contributed by atoms with E-state index >= 15 is 0 Å². The molecular weight excluding hydrogens is 148 g/mol. The van der Waals surface area contributed by atoms with Crippen molar-refractivity contribution >= 4 is 0 Å². The van der Waals surface area contributed by atoms with Crippen LogP contribution in [0.15, 0.2) is 18.3 Å². The second-order valence-electron chi connectivity index (χ2n) is 2.56. The monoisotopic (exact) mass is 160 g/mol. The molecule has 0 aliphatic heterocycles. The van der Waals surface area contributed by atoms with Crippen molar-refractivity contribution < 1.29 is 0 Å². The molecule has 2 heteroatoms. The highest BCUT2D eigenvalue weighted by Crippen LogP contribution is 2.01.